The topological polar surface area (TPSA) is 58.6 Å². The number of anilines is 1. The lowest BCUT2D eigenvalue weighted by atomic mass is 9.91. The van der Waals surface area contributed by atoms with Crippen molar-refractivity contribution in [3.05, 3.63) is 22.3 Å². The van der Waals surface area contributed by atoms with Crippen LogP contribution in [0.3, 0.4) is 0 Å². The van der Waals surface area contributed by atoms with E-state index in [0.717, 1.165) is 46.2 Å². The van der Waals surface area contributed by atoms with Crippen LogP contribution in [-0.2, 0) is 6.42 Å². The maximum absolute atomic E-state index is 11.0. The van der Waals surface area contributed by atoms with E-state index in [2.05, 4.69) is 28.2 Å². The molecule has 1 heterocycles. The highest BCUT2D eigenvalue weighted by Crippen LogP contribution is 2.45. The van der Waals surface area contributed by atoms with Crippen molar-refractivity contribution in [3.8, 4) is 5.75 Å². The molecule has 0 saturated carbocycles. The molecular formula is C15H20BrNO3. The number of carboxylic acid groups (broad SMARTS) is 1. The molecule has 110 valence electrons. The second kappa shape index (κ2) is 5.28. The average molecular weight is 342 g/mol. The molecule has 0 bridgehead atoms. The molecule has 1 aliphatic rings. The van der Waals surface area contributed by atoms with Crippen LogP contribution in [0.4, 0.5) is 10.5 Å². The first-order valence-electron chi connectivity index (χ1n) is 6.66. The van der Waals surface area contributed by atoms with E-state index in [0.29, 0.717) is 5.69 Å². The number of benzene rings is 1. The van der Waals surface area contributed by atoms with Gasteiger partial charge in [-0.3, -0.25) is 5.32 Å². The van der Waals surface area contributed by atoms with E-state index in [1.165, 1.54) is 0 Å². The number of halogens is 1. The number of hydrogen-bond donors (Lipinski definition) is 2. The summed E-state index contributed by atoms with van der Waals surface area (Å²) >= 11 is 3.47. The molecule has 2 rings (SSSR count). The highest BCUT2D eigenvalue weighted by molar-refractivity contribution is 9.09. The van der Waals surface area contributed by atoms with Gasteiger partial charge in [-0.05, 0) is 50.8 Å². The van der Waals surface area contributed by atoms with Crippen LogP contribution in [0.5, 0.6) is 5.75 Å². The van der Waals surface area contributed by atoms with E-state index in [4.69, 9.17) is 9.84 Å². The van der Waals surface area contributed by atoms with Gasteiger partial charge in [-0.2, -0.15) is 0 Å². The predicted octanol–water partition coefficient (Wildman–Crippen LogP) is 4.18. The summed E-state index contributed by atoms with van der Waals surface area (Å²) in [6, 6.07) is 0. The Morgan fingerprint density at radius 2 is 2.00 bits per heavy atom. The van der Waals surface area contributed by atoms with Gasteiger partial charge in [0.1, 0.15) is 11.4 Å². The smallest absolute Gasteiger partial charge is 0.409 e. The fourth-order valence-corrected chi connectivity index (χ4v) is 3.67. The highest BCUT2D eigenvalue weighted by Gasteiger charge is 2.37. The average Bonchev–Trinajstić information content (AvgIpc) is 2.70. The molecule has 5 heteroatoms. The van der Waals surface area contributed by atoms with Crippen LogP contribution in [0.1, 0.15) is 35.6 Å². The molecule has 1 atom stereocenters. The van der Waals surface area contributed by atoms with E-state index in [-0.39, 0.29) is 5.60 Å². The third kappa shape index (κ3) is 2.51. The minimum atomic E-state index is -1.03. The molecule has 1 aliphatic heterocycles. The van der Waals surface area contributed by atoms with Gasteiger partial charge < -0.3 is 9.84 Å². The Kier molecular flexibility index (Phi) is 4.00. The zero-order valence-corrected chi connectivity index (χ0v) is 13.8. The molecule has 1 unspecified atom stereocenters. The van der Waals surface area contributed by atoms with Crippen molar-refractivity contribution in [2.45, 2.75) is 46.1 Å². The lowest BCUT2D eigenvalue weighted by molar-refractivity contribution is 0.112. The zero-order chi connectivity index (χ0) is 15.1. The Labute approximate surface area is 127 Å². The molecule has 0 aromatic heterocycles. The van der Waals surface area contributed by atoms with Crippen LogP contribution in [0.15, 0.2) is 0 Å². The third-order valence-electron chi connectivity index (χ3n) is 4.13. The standard InChI is InChI=1S/C15H20BrNO3/c1-8-9(2)13-11(7-15(4,20-13)5-6-16)10(3)12(8)17-14(18)19/h17H,5-7H2,1-4H3,(H,18,19). The van der Waals surface area contributed by atoms with Crippen LogP contribution in [-0.4, -0.2) is 22.1 Å². The van der Waals surface area contributed by atoms with Gasteiger partial charge in [0.2, 0.25) is 0 Å². The second-order valence-electron chi connectivity index (χ2n) is 5.66. The fraction of sp³-hybridized carbons (Fsp3) is 0.533. The lowest BCUT2D eigenvalue weighted by Crippen LogP contribution is -2.30. The largest absolute Gasteiger partial charge is 0.487 e. The lowest BCUT2D eigenvalue weighted by Gasteiger charge is -2.23. The molecule has 1 amide bonds. The van der Waals surface area contributed by atoms with E-state index >= 15 is 0 Å². The number of alkyl halides is 1. The van der Waals surface area contributed by atoms with Crippen LogP contribution in [0, 0.1) is 20.8 Å². The summed E-state index contributed by atoms with van der Waals surface area (Å²) in [6.07, 6.45) is 0.703. The summed E-state index contributed by atoms with van der Waals surface area (Å²) < 4.78 is 6.18. The van der Waals surface area contributed by atoms with Crippen LogP contribution < -0.4 is 10.1 Å². The van der Waals surface area contributed by atoms with Crippen molar-refractivity contribution in [2.75, 3.05) is 10.6 Å². The number of nitrogens with one attached hydrogen (secondary N) is 1. The molecule has 0 spiro atoms. The van der Waals surface area contributed by atoms with E-state index in [1.807, 2.05) is 20.8 Å². The number of amides is 1. The highest BCUT2D eigenvalue weighted by atomic mass is 79.9. The third-order valence-corrected chi connectivity index (χ3v) is 4.53. The minimum Gasteiger partial charge on any atom is -0.487 e. The van der Waals surface area contributed by atoms with Gasteiger partial charge in [-0.15, -0.1) is 0 Å². The first-order valence-corrected chi connectivity index (χ1v) is 7.79. The molecule has 0 saturated heterocycles. The molecule has 0 fully saturated rings. The van der Waals surface area contributed by atoms with E-state index < -0.39 is 6.09 Å². The monoisotopic (exact) mass is 341 g/mol. The van der Waals surface area contributed by atoms with Crippen molar-refractivity contribution in [1.29, 1.82) is 0 Å². The fourth-order valence-electron chi connectivity index (χ4n) is 2.83. The summed E-state index contributed by atoms with van der Waals surface area (Å²) in [7, 11) is 0. The Balaban J connectivity index is 2.52. The zero-order valence-electron chi connectivity index (χ0n) is 12.3. The van der Waals surface area contributed by atoms with Crippen LogP contribution >= 0.6 is 15.9 Å². The predicted molar refractivity (Wildman–Crippen MR) is 83.4 cm³/mol. The van der Waals surface area contributed by atoms with Crippen molar-refractivity contribution in [3.63, 3.8) is 0 Å². The maximum atomic E-state index is 11.0. The normalized spacial score (nSPS) is 20.4. The molecule has 0 aliphatic carbocycles. The number of carbonyl (C=O) groups is 1. The summed E-state index contributed by atoms with van der Waals surface area (Å²) in [4.78, 5) is 11.0. The van der Waals surface area contributed by atoms with Gasteiger partial charge in [-0.25, -0.2) is 4.79 Å². The Hall–Kier alpha value is -1.23. The van der Waals surface area contributed by atoms with E-state index in [9.17, 15) is 4.79 Å². The molecule has 2 N–H and O–H groups in total. The molecule has 1 aromatic carbocycles. The molecule has 20 heavy (non-hydrogen) atoms. The molecular weight excluding hydrogens is 322 g/mol. The Bertz CT molecular complexity index is 571. The van der Waals surface area contributed by atoms with Crippen molar-refractivity contribution >= 4 is 27.7 Å². The first kappa shape index (κ1) is 15.2. The van der Waals surface area contributed by atoms with Crippen molar-refractivity contribution in [2.24, 2.45) is 0 Å². The van der Waals surface area contributed by atoms with Gasteiger partial charge >= 0.3 is 6.09 Å². The second-order valence-corrected chi connectivity index (χ2v) is 6.45. The quantitative estimate of drug-likeness (QED) is 0.810. The molecule has 1 aromatic rings. The Morgan fingerprint density at radius 1 is 1.35 bits per heavy atom. The van der Waals surface area contributed by atoms with E-state index in [1.54, 1.807) is 0 Å². The summed E-state index contributed by atoms with van der Waals surface area (Å²) in [6.45, 7) is 7.98. The molecule has 4 nitrogen and oxygen atoms in total. The molecule has 0 radical (unpaired) electrons. The maximum Gasteiger partial charge on any atom is 0.409 e. The van der Waals surface area contributed by atoms with Gasteiger partial charge in [0.15, 0.2) is 0 Å². The van der Waals surface area contributed by atoms with Gasteiger partial charge in [-0.1, -0.05) is 15.9 Å². The first-order chi connectivity index (χ1) is 9.29. The summed E-state index contributed by atoms with van der Waals surface area (Å²) in [5, 5.41) is 12.4. The summed E-state index contributed by atoms with van der Waals surface area (Å²) in [5.41, 5.74) is 4.54. The van der Waals surface area contributed by atoms with Gasteiger partial charge in [0.05, 0.1) is 5.69 Å². The number of ether oxygens (including phenoxy) is 1. The minimum absolute atomic E-state index is 0.213. The SMILES string of the molecule is Cc1c(C)c2c(c(C)c1NC(=O)O)CC(C)(CCBr)O2. The number of hydrogen-bond acceptors (Lipinski definition) is 2. The summed E-state index contributed by atoms with van der Waals surface area (Å²) in [5.74, 6) is 0.930. The van der Waals surface area contributed by atoms with Crippen LogP contribution in [0.25, 0.3) is 0 Å². The van der Waals surface area contributed by atoms with Crippen molar-refractivity contribution < 1.29 is 14.6 Å². The van der Waals surface area contributed by atoms with Gasteiger partial charge in [0.25, 0.3) is 0 Å². The van der Waals surface area contributed by atoms with Crippen molar-refractivity contribution in [1.82, 2.24) is 0 Å². The Morgan fingerprint density at radius 3 is 2.55 bits per heavy atom. The van der Waals surface area contributed by atoms with Crippen LogP contribution in [0.2, 0.25) is 0 Å². The number of rotatable bonds is 3. The number of fused-ring (bicyclic) bond motifs is 1. The van der Waals surface area contributed by atoms with Gasteiger partial charge in [0, 0.05) is 17.3 Å².